The van der Waals surface area contributed by atoms with Gasteiger partial charge in [-0.3, -0.25) is 19.1 Å². The van der Waals surface area contributed by atoms with Gasteiger partial charge in [-0.25, -0.2) is 9.18 Å². The first kappa shape index (κ1) is 18.3. The highest BCUT2D eigenvalue weighted by Gasteiger charge is 2.69. The van der Waals surface area contributed by atoms with E-state index in [1.54, 1.807) is 6.92 Å². The van der Waals surface area contributed by atoms with Crippen molar-refractivity contribution in [1.82, 2.24) is 9.55 Å². The molecular formula is C14H19FN2O7. The maximum absolute atomic E-state index is 15.3. The van der Waals surface area contributed by atoms with Crippen molar-refractivity contribution < 1.29 is 28.9 Å². The molecule has 9 nitrogen and oxygen atoms in total. The summed E-state index contributed by atoms with van der Waals surface area (Å²) in [4.78, 5) is 36.6. The van der Waals surface area contributed by atoms with Crippen LogP contribution in [0.5, 0.6) is 0 Å². The van der Waals surface area contributed by atoms with Crippen molar-refractivity contribution in [1.29, 1.82) is 0 Å². The topological polar surface area (TPSA) is 131 Å². The molecule has 2 heterocycles. The average Bonchev–Trinajstić information content (AvgIpc) is 2.67. The van der Waals surface area contributed by atoms with E-state index in [1.807, 2.05) is 4.98 Å². The van der Waals surface area contributed by atoms with Crippen LogP contribution in [0, 0.1) is 0 Å². The van der Waals surface area contributed by atoms with Crippen LogP contribution in [0.3, 0.4) is 0 Å². The number of nitrogens with zero attached hydrogens (tertiary/aromatic N) is 1. The molecule has 0 amide bonds. The lowest BCUT2D eigenvalue weighted by Crippen LogP contribution is -2.57. The number of alkyl halides is 1. The fourth-order valence-electron chi connectivity index (χ4n) is 2.57. The van der Waals surface area contributed by atoms with Crippen molar-refractivity contribution in [2.75, 3.05) is 6.61 Å². The number of aliphatic hydroxyl groups is 2. The van der Waals surface area contributed by atoms with Crippen molar-refractivity contribution in [3.8, 4) is 0 Å². The Morgan fingerprint density at radius 2 is 2.21 bits per heavy atom. The number of carbonyl (C=O) groups excluding carboxylic acids is 1. The van der Waals surface area contributed by atoms with Crippen molar-refractivity contribution in [2.45, 2.75) is 50.5 Å². The van der Waals surface area contributed by atoms with Gasteiger partial charge in [0.2, 0.25) is 5.67 Å². The number of rotatable bonds is 5. The highest BCUT2D eigenvalue weighted by Crippen LogP contribution is 2.48. The SMILES string of the molecule is CCCC(=O)O[C@@]1(O)[C@@H](CO)O[C@@H](n2ccc(=O)[nH]c2=O)[C@]1(C)F. The number of hydrogen-bond acceptors (Lipinski definition) is 7. The monoisotopic (exact) mass is 346 g/mol. The van der Waals surface area contributed by atoms with Crippen LogP contribution < -0.4 is 11.2 Å². The van der Waals surface area contributed by atoms with Gasteiger partial charge in [0, 0.05) is 18.7 Å². The molecule has 1 saturated heterocycles. The van der Waals surface area contributed by atoms with Crippen LogP contribution in [0.2, 0.25) is 0 Å². The van der Waals surface area contributed by atoms with E-state index in [9.17, 15) is 24.6 Å². The molecule has 4 atom stereocenters. The first-order chi connectivity index (χ1) is 11.2. The second-order valence-corrected chi connectivity index (χ2v) is 5.67. The Morgan fingerprint density at radius 1 is 1.54 bits per heavy atom. The number of esters is 1. The molecular weight excluding hydrogens is 327 g/mol. The van der Waals surface area contributed by atoms with Gasteiger partial charge in [0.15, 0.2) is 12.3 Å². The summed E-state index contributed by atoms with van der Waals surface area (Å²) in [6.07, 6.45) is -2.02. The molecule has 1 aliphatic rings. The third-order valence-electron chi connectivity index (χ3n) is 3.89. The number of carbonyl (C=O) groups is 1. The average molecular weight is 346 g/mol. The molecule has 0 aromatic carbocycles. The molecule has 0 aliphatic carbocycles. The summed E-state index contributed by atoms with van der Waals surface area (Å²) in [6, 6.07) is 0.968. The zero-order valence-corrected chi connectivity index (χ0v) is 13.2. The summed E-state index contributed by atoms with van der Waals surface area (Å²) >= 11 is 0. The summed E-state index contributed by atoms with van der Waals surface area (Å²) in [6.45, 7) is 1.71. The molecule has 0 spiro atoms. The molecule has 10 heteroatoms. The van der Waals surface area contributed by atoms with Gasteiger partial charge in [-0.05, 0) is 13.3 Å². The fourth-order valence-corrected chi connectivity index (χ4v) is 2.57. The Hall–Kier alpha value is -2.04. The van der Waals surface area contributed by atoms with E-state index >= 15 is 4.39 Å². The lowest BCUT2D eigenvalue weighted by atomic mass is 9.93. The molecule has 1 aliphatic heterocycles. The Labute approximate surface area is 135 Å². The maximum Gasteiger partial charge on any atom is 0.330 e. The predicted molar refractivity (Wildman–Crippen MR) is 77.8 cm³/mol. The zero-order chi connectivity index (χ0) is 18.1. The van der Waals surface area contributed by atoms with Crippen LogP contribution in [0.25, 0.3) is 0 Å². The van der Waals surface area contributed by atoms with E-state index in [4.69, 9.17) is 9.47 Å². The van der Waals surface area contributed by atoms with Crippen LogP contribution in [-0.2, 0) is 14.3 Å². The van der Waals surface area contributed by atoms with E-state index in [0.717, 1.165) is 19.2 Å². The van der Waals surface area contributed by atoms with Crippen LogP contribution in [0.1, 0.15) is 32.9 Å². The third-order valence-corrected chi connectivity index (χ3v) is 3.89. The minimum atomic E-state index is -2.80. The first-order valence-corrected chi connectivity index (χ1v) is 7.38. The van der Waals surface area contributed by atoms with E-state index in [1.165, 1.54) is 0 Å². The molecule has 3 N–H and O–H groups in total. The molecule has 0 radical (unpaired) electrons. The normalized spacial score (nSPS) is 32.7. The number of ether oxygens (including phenoxy) is 2. The largest absolute Gasteiger partial charge is 0.426 e. The van der Waals surface area contributed by atoms with Crippen LogP contribution in [0.4, 0.5) is 4.39 Å². The number of aromatic nitrogens is 2. The van der Waals surface area contributed by atoms with Gasteiger partial charge in [0.1, 0.15) is 0 Å². The quantitative estimate of drug-likeness (QED) is 0.469. The third kappa shape index (κ3) is 2.87. The van der Waals surface area contributed by atoms with Gasteiger partial charge in [-0.2, -0.15) is 0 Å². The van der Waals surface area contributed by atoms with E-state index in [-0.39, 0.29) is 6.42 Å². The first-order valence-electron chi connectivity index (χ1n) is 7.38. The Kier molecular flexibility index (Phi) is 4.92. The van der Waals surface area contributed by atoms with Crippen molar-refractivity contribution in [3.05, 3.63) is 33.1 Å². The zero-order valence-electron chi connectivity index (χ0n) is 13.2. The van der Waals surface area contributed by atoms with Crippen LogP contribution >= 0.6 is 0 Å². The molecule has 0 saturated carbocycles. The van der Waals surface area contributed by atoms with Crippen molar-refractivity contribution in [2.24, 2.45) is 0 Å². The summed E-state index contributed by atoms with van der Waals surface area (Å²) in [5.41, 5.74) is -4.44. The minimum absolute atomic E-state index is 0.0696. The number of aromatic amines is 1. The number of hydrogen-bond donors (Lipinski definition) is 3. The van der Waals surface area contributed by atoms with E-state index in [0.29, 0.717) is 11.0 Å². The Morgan fingerprint density at radius 3 is 2.75 bits per heavy atom. The van der Waals surface area contributed by atoms with E-state index < -0.39 is 47.6 Å². The highest BCUT2D eigenvalue weighted by molar-refractivity contribution is 5.70. The van der Waals surface area contributed by atoms with Crippen molar-refractivity contribution in [3.63, 3.8) is 0 Å². The number of H-pyrrole nitrogens is 1. The van der Waals surface area contributed by atoms with Crippen LogP contribution in [0.15, 0.2) is 21.9 Å². The standard InChI is InChI=1S/C14H19FN2O7/c1-3-4-10(20)24-14(22)8(7-18)23-11(13(14,2)15)17-6-5-9(19)16-12(17)21/h5-6,8,11,18,22H,3-4,7H2,1-2H3,(H,16,19,21)/t8-,11-,13+,14+/m1/s1. The van der Waals surface area contributed by atoms with E-state index in [2.05, 4.69) is 0 Å². The molecule has 24 heavy (non-hydrogen) atoms. The molecule has 134 valence electrons. The number of aliphatic hydroxyl groups excluding tert-OH is 1. The summed E-state index contributed by atoms with van der Waals surface area (Å²) in [5.74, 6) is -3.67. The predicted octanol–water partition coefficient (Wildman–Crippen LogP) is -0.814. The second-order valence-electron chi connectivity index (χ2n) is 5.67. The minimum Gasteiger partial charge on any atom is -0.426 e. The molecule has 1 aromatic rings. The van der Waals surface area contributed by atoms with Gasteiger partial charge in [0.25, 0.3) is 11.3 Å². The van der Waals surface area contributed by atoms with Gasteiger partial charge in [-0.1, -0.05) is 6.92 Å². The molecule has 2 rings (SSSR count). The van der Waals surface area contributed by atoms with Gasteiger partial charge in [-0.15, -0.1) is 0 Å². The number of nitrogens with one attached hydrogen (secondary N) is 1. The Balaban J connectivity index is 2.45. The van der Waals surface area contributed by atoms with Crippen LogP contribution in [-0.4, -0.2) is 49.9 Å². The molecule has 1 aromatic heterocycles. The number of halogens is 1. The van der Waals surface area contributed by atoms with Gasteiger partial charge >= 0.3 is 11.7 Å². The second kappa shape index (κ2) is 6.46. The van der Waals surface area contributed by atoms with Gasteiger partial charge < -0.3 is 19.7 Å². The smallest absolute Gasteiger partial charge is 0.330 e. The highest BCUT2D eigenvalue weighted by atomic mass is 19.1. The summed E-state index contributed by atoms with van der Waals surface area (Å²) in [7, 11) is 0. The lowest BCUT2D eigenvalue weighted by molar-refractivity contribution is -0.266. The molecule has 0 bridgehead atoms. The Bertz CT molecular complexity index is 728. The molecule has 1 fully saturated rings. The van der Waals surface area contributed by atoms with Gasteiger partial charge in [0.05, 0.1) is 6.61 Å². The summed E-state index contributed by atoms with van der Waals surface area (Å²) < 4.78 is 26.1. The summed E-state index contributed by atoms with van der Waals surface area (Å²) in [5, 5.41) is 19.9. The molecule has 0 unspecified atom stereocenters. The maximum atomic E-state index is 15.3. The lowest BCUT2D eigenvalue weighted by Gasteiger charge is -2.35. The van der Waals surface area contributed by atoms with Crippen molar-refractivity contribution >= 4 is 5.97 Å². The fraction of sp³-hybridized carbons (Fsp3) is 0.643.